The Kier molecular flexibility index (Phi) is 3.70. The lowest BCUT2D eigenvalue weighted by molar-refractivity contribution is -0.276. The minimum absolute atomic E-state index is 0.0721. The summed E-state index contributed by atoms with van der Waals surface area (Å²) in [6.45, 7) is 0. The van der Waals surface area contributed by atoms with E-state index in [2.05, 4.69) is 4.74 Å². The van der Waals surface area contributed by atoms with E-state index in [1.807, 2.05) is 0 Å². The number of halogens is 3. The number of rotatable bonds is 4. The van der Waals surface area contributed by atoms with Gasteiger partial charge in [0, 0.05) is 13.5 Å². The summed E-state index contributed by atoms with van der Waals surface area (Å²) < 4.78 is 43.5. The minimum Gasteiger partial charge on any atom is -0.364 e. The molecule has 1 rings (SSSR count). The number of benzene rings is 1. The summed E-state index contributed by atoms with van der Waals surface area (Å²) >= 11 is 0. The average Bonchev–Trinajstić information content (AvgIpc) is 2.25. The van der Waals surface area contributed by atoms with Crippen molar-refractivity contribution >= 4 is 6.29 Å². The van der Waals surface area contributed by atoms with Crippen LogP contribution in [-0.4, -0.2) is 19.6 Å². The Bertz CT molecular complexity index is 348. The molecule has 5 heteroatoms. The van der Waals surface area contributed by atoms with Crippen molar-refractivity contribution in [3.63, 3.8) is 0 Å². The van der Waals surface area contributed by atoms with Crippen LogP contribution in [0.25, 0.3) is 0 Å². The van der Waals surface area contributed by atoms with Gasteiger partial charge in [0.15, 0.2) is 5.60 Å². The largest absolute Gasteiger partial charge is 0.422 e. The van der Waals surface area contributed by atoms with Gasteiger partial charge in [0.1, 0.15) is 6.29 Å². The highest BCUT2D eigenvalue weighted by Gasteiger charge is 2.56. The van der Waals surface area contributed by atoms with Crippen molar-refractivity contribution in [2.24, 2.45) is 0 Å². The molecule has 0 aliphatic rings. The molecule has 0 saturated heterocycles. The Morgan fingerprint density at radius 1 is 1.25 bits per heavy atom. The number of methoxy groups -OCH3 is 1. The van der Waals surface area contributed by atoms with Gasteiger partial charge in [-0.3, -0.25) is 0 Å². The van der Waals surface area contributed by atoms with Gasteiger partial charge < -0.3 is 9.53 Å². The smallest absolute Gasteiger partial charge is 0.364 e. The Labute approximate surface area is 91.0 Å². The van der Waals surface area contributed by atoms with Gasteiger partial charge in [0.25, 0.3) is 0 Å². The number of aldehydes is 1. The molecule has 0 saturated carbocycles. The summed E-state index contributed by atoms with van der Waals surface area (Å²) in [5, 5.41) is 0. The Morgan fingerprint density at radius 2 is 1.81 bits per heavy atom. The van der Waals surface area contributed by atoms with E-state index < -0.39 is 18.2 Å². The fraction of sp³-hybridized carbons (Fsp3) is 0.364. The third-order valence-electron chi connectivity index (χ3n) is 2.42. The Hall–Kier alpha value is -1.36. The topological polar surface area (TPSA) is 26.3 Å². The lowest BCUT2D eigenvalue weighted by Gasteiger charge is -2.33. The maximum atomic E-state index is 13.0. The van der Waals surface area contributed by atoms with Gasteiger partial charge in [-0.15, -0.1) is 0 Å². The number of alkyl halides is 3. The molecule has 0 aliphatic carbocycles. The first kappa shape index (κ1) is 12.7. The highest BCUT2D eigenvalue weighted by molar-refractivity contribution is 5.53. The highest BCUT2D eigenvalue weighted by atomic mass is 19.4. The van der Waals surface area contributed by atoms with Crippen molar-refractivity contribution in [2.45, 2.75) is 18.2 Å². The molecule has 1 aromatic carbocycles. The van der Waals surface area contributed by atoms with Crippen LogP contribution >= 0.6 is 0 Å². The van der Waals surface area contributed by atoms with E-state index >= 15 is 0 Å². The van der Waals surface area contributed by atoms with Crippen LogP contribution < -0.4 is 0 Å². The van der Waals surface area contributed by atoms with E-state index in [0.29, 0.717) is 0 Å². The molecule has 0 N–H and O–H groups in total. The Balaban J connectivity index is 3.28. The van der Waals surface area contributed by atoms with Gasteiger partial charge >= 0.3 is 6.18 Å². The summed E-state index contributed by atoms with van der Waals surface area (Å²) in [5.41, 5.74) is -2.62. The molecule has 0 aromatic heterocycles. The van der Waals surface area contributed by atoms with Gasteiger partial charge in [-0.1, -0.05) is 30.3 Å². The predicted molar refractivity (Wildman–Crippen MR) is 51.9 cm³/mol. The molecule has 0 spiro atoms. The van der Waals surface area contributed by atoms with Gasteiger partial charge in [-0.05, 0) is 5.56 Å². The van der Waals surface area contributed by atoms with Gasteiger partial charge in [-0.25, -0.2) is 0 Å². The monoisotopic (exact) mass is 232 g/mol. The van der Waals surface area contributed by atoms with Crippen molar-refractivity contribution in [1.82, 2.24) is 0 Å². The van der Waals surface area contributed by atoms with Crippen LogP contribution in [0.4, 0.5) is 13.2 Å². The number of carbonyl (C=O) groups is 1. The van der Waals surface area contributed by atoms with Crippen LogP contribution in [0.3, 0.4) is 0 Å². The van der Waals surface area contributed by atoms with E-state index in [9.17, 15) is 18.0 Å². The molecule has 1 atom stereocenters. The second-order valence-electron chi connectivity index (χ2n) is 3.27. The molecule has 0 bridgehead atoms. The first-order chi connectivity index (χ1) is 7.48. The predicted octanol–water partition coefficient (Wildman–Crippen LogP) is 2.68. The van der Waals surface area contributed by atoms with Crippen LogP contribution in [0.1, 0.15) is 12.0 Å². The summed E-state index contributed by atoms with van der Waals surface area (Å²) in [5.74, 6) is 0. The zero-order valence-electron chi connectivity index (χ0n) is 8.62. The van der Waals surface area contributed by atoms with Crippen molar-refractivity contribution in [2.75, 3.05) is 7.11 Å². The summed E-state index contributed by atoms with van der Waals surface area (Å²) in [7, 11) is 0.948. The van der Waals surface area contributed by atoms with E-state index in [1.165, 1.54) is 24.3 Å². The summed E-state index contributed by atoms with van der Waals surface area (Å²) in [6, 6.07) is 7.13. The third kappa shape index (κ3) is 2.09. The zero-order chi connectivity index (χ0) is 12.2. The van der Waals surface area contributed by atoms with E-state index in [4.69, 9.17) is 0 Å². The van der Waals surface area contributed by atoms with Crippen LogP contribution in [0, 0.1) is 0 Å². The SMILES string of the molecule is CO[C@@](CC=O)(c1ccccc1)C(F)(F)F. The molecule has 88 valence electrons. The zero-order valence-corrected chi connectivity index (χ0v) is 8.62. The number of ether oxygens (including phenoxy) is 1. The molecule has 1 aromatic rings. The molecule has 16 heavy (non-hydrogen) atoms. The van der Waals surface area contributed by atoms with Crippen LogP contribution in [0.2, 0.25) is 0 Å². The normalized spacial score (nSPS) is 15.5. The summed E-state index contributed by atoms with van der Waals surface area (Å²) in [6.07, 6.45) is -5.18. The van der Waals surface area contributed by atoms with Crippen molar-refractivity contribution in [3.05, 3.63) is 35.9 Å². The summed E-state index contributed by atoms with van der Waals surface area (Å²) in [4.78, 5) is 10.4. The third-order valence-corrected chi connectivity index (χ3v) is 2.42. The van der Waals surface area contributed by atoms with Crippen molar-refractivity contribution in [3.8, 4) is 0 Å². The fourth-order valence-corrected chi connectivity index (χ4v) is 1.54. The van der Waals surface area contributed by atoms with Crippen molar-refractivity contribution < 1.29 is 22.7 Å². The standard InChI is InChI=1S/C11H11F3O2/c1-16-10(7-8-15,11(12,13)14)9-5-3-2-4-6-9/h2-6,8H,7H2,1H3/t10-/m0/s1. The maximum absolute atomic E-state index is 13.0. The van der Waals surface area contributed by atoms with Crippen LogP contribution in [0.15, 0.2) is 30.3 Å². The molecular formula is C11H11F3O2. The molecule has 0 heterocycles. The highest BCUT2D eigenvalue weighted by Crippen LogP contribution is 2.43. The first-order valence-corrected chi connectivity index (χ1v) is 4.59. The molecular weight excluding hydrogens is 221 g/mol. The number of carbonyl (C=O) groups excluding carboxylic acids is 1. The molecule has 0 fully saturated rings. The average molecular weight is 232 g/mol. The lowest BCUT2D eigenvalue weighted by atomic mass is 9.90. The molecule has 0 unspecified atom stereocenters. The maximum Gasteiger partial charge on any atom is 0.422 e. The van der Waals surface area contributed by atoms with Crippen molar-refractivity contribution in [1.29, 1.82) is 0 Å². The quantitative estimate of drug-likeness (QED) is 0.746. The fourth-order valence-electron chi connectivity index (χ4n) is 1.54. The van der Waals surface area contributed by atoms with E-state index in [1.54, 1.807) is 6.07 Å². The Morgan fingerprint density at radius 3 is 2.19 bits per heavy atom. The van der Waals surface area contributed by atoms with Crippen LogP contribution in [0.5, 0.6) is 0 Å². The second-order valence-corrected chi connectivity index (χ2v) is 3.27. The van der Waals surface area contributed by atoms with Gasteiger partial charge in [0.05, 0.1) is 0 Å². The molecule has 0 amide bonds. The molecule has 0 aliphatic heterocycles. The van der Waals surface area contributed by atoms with E-state index in [0.717, 1.165) is 7.11 Å². The molecule has 0 radical (unpaired) electrons. The number of hydrogen-bond acceptors (Lipinski definition) is 2. The van der Waals surface area contributed by atoms with E-state index in [-0.39, 0.29) is 11.8 Å². The number of hydrogen-bond donors (Lipinski definition) is 0. The second kappa shape index (κ2) is 4.65. The van der Waals surface area contributed by atoms with Crippen LogP contribution in [-0.2, 0) is 15.1 Å². The first-order valence-electron chi connectivity index (χ1n) is 4.59. The van der Waals surface area contributed by atoms with Gasteiger partial charge in [0.2, 0.25) is 0 Å². The molecule has 2 nitrogen and oxygen atoms in total. The lowest BCUT2D eigenvalue weighted by Crippen LogP contribution is -2.44. The van der Waals surface area contributed by atoms with Gasteiger partial charge in [-0.2, -0.15) is 13.2 Å². The minimum atomic E-state index is -4.63.